The molecule has 0 aromatic carbocycles. The summed E-state index contributed by atoms with van der Waals surface area (Å²) in [7, 11) is 0. The highest BCUT2D eigenvalue weighted by atomic mass is 15.1. The van der Waals surface area contributed by atoms with Crippen LogP contribution in [-0.4, -0.2) is 29.2 Å². The SMILES string of the molecule is CCNC(N)=NCCCc1cn[nH]c1C. The Morgan fingerprint density at radius 1 is 1.67 bits per heavy atom. The highest BCUT2D eigenvalue weighted by Crippen LogP contribution is 2.05. The van der Waals surface area contributed by atoms with Crippen LogP contribution in [0.1, 0.15) is 24.6 Å². The maximum atomic E-state index is 5.59. The lowest BCUT2D eigenvalue weighted by atomic mass is 10.1. The molecule has 0 aliphatic rings. The van der Waals surface area contributed by atoms with Crippen molar-refractivity contribution >= 4 is 5.96 Å². The molecule has 0 saturated heterocycles. The van der Waals surface area contributed by atoms with Crippen LogP contribution in [0.3, 0.4) is 0 Å². The van der Waals surface area contributed by atoms with Gasteiger partial charge in [0.2, 0.25) is 0 Å². The molecule has 1 rings (SSSR count). The van der Waals surface area contributed by atoms with Gasteiger partial charge in [-0.15, -0.1) is 0 Å². The van der Waals surface area contributed by atoms with Crippen molar-refractivity contribution in [1.29, 1.82) is 0 Å². The summed E-state index contributed by atoms with van der Waals surface area (Å²) in [6.45, 7) is 5.59. The molecule has 0 saturated carbocycles. The fourth-order valence-electron chi connectivity index (χ4n) is 1.33. The number of nitrogens with one attached hydrogen (secondary N) is 2. The lowest BCUT2D eigenvalue weighted by Gasteiger charge is -2.01. The maximum Gasteiger partial charge on any atom is 0.188 e. The van der Waals surface area contributed by atoms with Crippen molar-refractivity contribution in [3.8, 4) is 0 Å². The molecule has 0 fully saturated rings. The molecule has 1 aromatic rings. The van der Waals surface area contributed by atoms with Gasteiger partial charge in [-0.3, -0.25) is 10.1 Å². The minimum atomic E-state index is 0.529. The van der Waals surface area contributed by atoms with Crippen LogP contribution >= 0.6 is 0 Å². The van der Waals surface area contributed by atoms with E-state index in [2.05, 4.69) is 20.5 Å². The van der Waals surface area contributed by atoms with E-state index >= 15 is 0 Å². The number of aliphatic imine (C=N–C) groups is 1. The molecule has 5 heteroatoms. The monoisotopic (exact) mass is 209 g/mol. The van der Waals surface area contributed by atoms with Gasteiger partial charge in [0.25, 0.3) is 0 Å². The summed E-state index contributed by atoms with van der Waals surface area (Å²) in [5, 5.41) is 9.84. The van der Waals surface area contributed by atoms with Gasteiger partial charge in [0.1, 0.15) is 0 Å². The predicted octanol–water partition coefficient (Wildman–Crippen LogP) is 0.575. The molecule has 15 heavy (non-hydrogen) atoms. The molecule has 0 unspecified atom stereocenters. The second-order valence-corrected chi connectivity index (χ2v) is 3.42. The third-order valence-corrected chi connectivity index (χ3v) is 2.18. The number of aromatic amines is 1. The standard InChI is InChI=1S/C10H19N5/c1-3-12-10(11)13-6-4-5-9-7-14-15-8(9)2/h7H,3-6H2,1-2H3,(H,14,15)(H3,11,12,13). The van der Waals surface area contributed by atoms with Crippen molar-refractivity contribution in [2.45, 2.75) is 26.7 Å². The Hall–Kier alpha value is -1.52. The molecule has 0 amide bonds. The summed E-state index contributed by atoms with van der Waals surface area (Å²) >= 11 is 0. The van der Waals surface area contributed by atoms with E-state index in [1.54, 1.807) is 0 Å². The largest absolute Gasteiger partial charge is 0.370 e. The molecule has 5 nitrogen and oxygen atoms in total. The predicted molar refractivity (Wildman–Crippen MR) is 61.8 cm³/mol. The highest BCUT2D eigenvalue weighted by Gasteiger charge is 1.98. The minimum Gasteiger partial charge on any atom is -0.370 e. The van der Waals surface area contributed by atoms with Crippen LogP contribution in [-0.2, 0) is 6.42 Å². The van der Waals surface area contributed by atoms with Gasteiger partial charge in [0.05, 0.1) is 6.20 Å². The third kappa shape index (κ3) is 4.01. The van der Waals surface area contributed by atoms with Crippen molar-refractivity contribution < 1.29 is 0 Å². The molecule has 0 atom stereocenters. The van der Waals surface area contributed by atoms with Crippen LogP contribution in [0.25, 0.3) is 0 Å². The second kappa shape index (κ2) is 6.06. The zero-order valence-electron chi connectivity index (χ0n) is 9.38. The van der Waals surface area contributed by atoms with Gasteiger partial charge in [0, 0.05) is 18.8 Å². The Morgan fingerprint density at radius 2 is 2.47 bits per heavy atom. The molecule has 0 aliphatic heterocycles. The van der Waals surface area contributed by atoms with Crippen LogP contribution in [0.2, 0.25) is 0 Å². The Kier molecular flexibility index (Phi) is 4.66. The first kappa shape index (κ1) is 11.6. The highest BCUT2D eigenvalue weighted by molar-refractivity contribution is 5.77. The molecule has 0 aliphatic carbocycles. The molecular weight excluding hydrogens is 190 g/mol. The van der Waals surface area contributed by atoms with E-state index in [-0.39, 0.29) is 0 Å². The van der Waals surface area contributed by atoms with E-state index in [0.717, 1.165) is 31.6 Å². The number of aromatic nitrogens is 2. The van der Waals surface area contributed by atoms with Crippen LogP contribution in [0, 0.1) is 6.92 Å². The first-order chi connectivity index (χ1) is 7.24. The average Bonchev–Trinajstić information content (AvgIpc) is 2.60. The van der Waals surface area contributed by atoms with Crippen LogP contribution in [0.15, 0.2) is 11.2 Å². The van der Waals surface area contributed by atoms with Crippen molar-refractivity contribution in [1.82, 2.24) is 15.5 Å². The fraction of sp³-hybridized carbons (Fsp3) is 0.600. The molecule has 84 valence electrons. The lowest BCUT2D eigenvalue weighted by molar-refractivity contribution is 0.816. The Balaban J connectivity index is 2.22. The number of aryl methyl sites for hydroxylation is 2. The molecule has 0 radical (unpaired) electrons. The van der Waals surface area contributed by atoms with Gasteiger partial charge in [-0.05, 0) is 32.3 Å². The number of hydrogen-bond acceptors (Lipinski definition) is 2. The van der Waals surface area contributed by atoms with Crippen LogP contribution < -0.4 is 11.1 Å². The van der Waals surface area contributed by atoms with Crippen molar-refractivity contribution in [2.24, 2.45) is 10.7 Å². The topological polar surface area (TPSA) is 79.1 Å². The normalized spacial score (nSPS) is 11.7. The quantitative estimate of drug-likeness (QED) is 0.377. The first-order valence-corrected chi connectivity index (χ1v) is 5.26. The summed E-state index contributed by atoms with van der Waals surface area (Å²) in [4.78, 5) is 4.20. The van der Waals surface area contributed by atoms with Crippen LogP contribution in [0.4, 0.5) is 0 Å². The van der Waals surface area contributed by atoms with Gasteiger partial charge >= 0.3 is 0 Å². The van der Waals surface area contributed by atoms with Crippen LogP contribution in [0.5, 0.6) is 0 Å². The van der Waals surface area contributed by atoms with E-state index in [1.807, 2.05) is 20.0 Å². The second-order valence-electron chi connectivity index (χ2n) is 3.42. The van der Waals surface area contributed by atoms with E-state index in [1.165, 1.54) is 5.56 Å². The van der Waals surface area contributed by atoms with Crippen molar-refractivity contribution in [3.63, 3.8) is 0 Å². The van der Waals surface area contributed by atoms with E-state index in [9.17, 15) is 0 Å². The number of H-pyrrole nitrogens is 1. The van der Waals surface area contributed by atoms with Gasteiger partial charge in [-0.25, -0.2) is 0 Å². The smallest absolute Gasteiger partial charge is 0.188 e. The molecule has 1 aromatic heterocycles. The molecule has 4 N–H and O–H groups in total. The maximum absolute atomic E-state index is 5.59. The number of rotatable bonds is 5. The summed E-state index contributed by atoms with van der Waals surface area (Å²) < 4.78 is 0. The zero-order valence-corrected chi connectivity index (χ0v) is 9.38. The molecule has 0 spiro atoms. The van der Waals surface area contributed by atoms with Gasteiger partial charge in [-0.2, -0.15) is 5.10 Å². The summed E-state index contributed by atoms with van der Waals surface area (Å²) in [6.07, 6.45) is 3.85. The summed E-state index contributed by atoms with van der Waals surface area (Å²) in [5.74, 6) is 0.529. The van der Waals surface area contributed by atoms with Gasteiger partial charge < -0.3 is 11.1 Å². The molecule has 1 heterocycles. The lowest BCUT2D eigenvalue weighted by Crippen LogP contribution is -2.31. The number of nitrogens with two attached hydrogens (primary N) is 1. The van der Waals surface area contributed by atoms with Crippen molar-refractivity contribution in [3.05, 3.63) is 17.5 Å². The molecule has 0 bridgehead atoms. The fourth-order valence-corrected chi connectivity index (χ4v) is 1.33. The minimum absolute atomic E-state index is 0.529. The van der Waals surface area contributed by atoms with Crippen molar-refractivity contribution in [2.75, 3.05) is 13.1 Å². The summed E-state index contributed by atoms with van der Waals surface area (Å²) in [6, 6.07) is 0. The third-order valence-electron chi connectivity index (χ3n) is 2.18. The first-order valence-electron chi connectivity index (χ1n) is 5.26. The Bertz CT molecular complexity index is 315. The average molecular weight is 209 g/mol. The zero-order chi connectivity index (χ0) is 11.1. The number of hydrogen-bond donors (Lipinski definition) is 3. The summed E-state index contributed by atoms with van der Waals surface area (Å²) in [5.41, 5.74) is 7.99. The Morgan fingerprint density at radius 3 is 3.07 bits per heavy atom. The number of guanidine groups is 1. The van der Waals surface area contributed by atoms with E-state index in [0.29, 0.717) is 5.96 Å². The number of nitrogens with zero attached hydrogens (tertiary/aromatic N) is 2. The Labute approximate surface area is 90.2 Å². The molecular formula is C10H19N5. The van der Waals surface area contributed by atoms with E-state index < -0.39 is 0 Å². The van der Waals surface area contributed by atoms with Gasteiger partial charge in [0.15, 0.2) is 5.96 Å². The van der Waals surface area contributed by atoms with Gasteiger partial charge in [-0.1, -0.05) is 0 Å². The van der Waals surface area contributed by atoms with E-state index in [4.69, 9.17) is 5.73 Å².